The van der Waals surface area contributed by atoms with Gasteiger partial charge < -0.3 is 15.3 Å². The van der Waals surface area contributed by atoms with Gasteiger partial charge in [-0.2, -0.15) is 5.10 Å². The largest absolute Gasteiger partial charge is 0.483 e. The van der Waals surface area contributed by atoms with E-state index in [1.54, 1.807) is 18.2 Å². The van der Waals surface area contributed by atoms with Crippen LogP contribution in [0.2, 0.25) is 0 Å². The van der Waals surface area contributed by atoms with Crippen LogP contribution in [0.1, 0.15) is 0 Å². The van der Waals surface area contributed by atoms with Crippen LogP contribution >= 0.6 is 0 Å². The molecule has 0 atom stereocenters. The molecule has 0 saturated heterocycles. The Labute approximate surface area is 240 Å². The van der Waals surface area contributed by atoms with E-state index in [1.165, 1.54) is 18.5 Å². The lowest BCUT2D eigenvalue weighted by atomic mass is 10.1. The Hall–Kier alpha value is -4.95. The predicted molar refractivity (Wildman–Crippen MR) is 155 cm³/mol. The van der Waals surface area contributed by atoms with Gasteiger partial charge in [0.15, 0.2) is 4.90 Å². The van der Waals surface area contributed by atoms with Crippen molar-refractivity contribution in [3.8, 4) is 11.3 Å². The summed E-state index contributed by atoms with van der Waals surface area (Å²) in [5.41, 5.74) is 3.43. The lowest BCUT2D eigenvalue weighted by molar-refractivity contribution is -0.122. The van der Waals surface area contributed by atoms with Gasteiger partial charge in [0.2, 0.25) is 0 Å². The minimum Gasteiger partial charge on any atom is -0.483 e. The third kappa shape index (κ3) is 7.21. The molecule has 218 valence electrons. The zero-order valence-corrected chi connectivity index (χ0v) is 23.4. The van der Waals surface area contributed by atoms with E-state index in [9.17, 15) is 17.2 Å². The van der Waals surface area contributed by atoms with E-state index in [-0.39, 0.29) is 12.2 Å². The zero-order chi connectivity index (χ0) is 30.3. The van der Waals surface area contributed by atoms with Gasteiger partial charge in [0.25, 0.3) is 16.5 Å². The number of anilines is 3. The van der Waals surface area contributed by atoms with Crippen molar-refractivity contribution < 1.29 is 27.1 Å². The van der Waals surface area contributed by atoms with Gasteiger partial charge in [-0.3, -0.25) is 14.2 Å². The zero-order valence-electron chi connectivity index (χ0n) is 22.6. The van der Waals surface area contributed by atoms with Crippen LogP contribution in [0.15, 0.2) is 84.1 Å². The van der Waals surface area contributed by atoms with Crippen molar-refractivity contribution >= 4 is 44.6 Å². The van der Waals surface area contributed by atoms with Gasteiger partial charge in [0.1, 0.15) is 23.8 Å². The maximum atomic E-state index is 14.0. The third-order valence-corrected chi connectivity index (χ3v) is 7.39. The maximum Gasteiger partial charge on any atom is 0.290 e. The van der Waals surface area contributed by atoms with Gasteiger partial charge >= 0.3 is 0 Å². The Morgan fingerprint density at radius 3 is 2.31 bits per heavy atom. The van der Waals surface area contributed by atoms with E-state index >= 15 is 0 Å². The molecule has 0 spiro atoms. The minimum absolute atomic E-state index is 0.144. The van der Waals surface area contributed by atoms with E-state index in [2.05, 4.69) is 30.0 Å². The van der Waals surface area contributed by atoms with Crippen LogP contribution in [0, 0.1) is 11.6 Å². The number of carboxylic acid groups (broad SMARTS) is 1. The predicted octanol–water partition coefficient (Wildman–Crippen LogP) is 4.58. The smallest absolute Gasteiger partial charge is 0.290 e. The van der Waals surface area contributed by atoms with Crippen LogP contribution in [0.25, 0.3) is 22.2 Å². The standard InChI is InChI=1S/C27H25F2N7O2S.CH2O2/c1-35(2)12-13-36-25-11-6-18(14-19(25)16-32-36)24-15-26(31-17-30-24)33-20-7-9-21(10-8-20)34-39(37,38)27-22(28)4-3-5-23(27)29;2-1-3/h3-11,14-17,34H,12-13H2,1-2H3,(H,30,31,33);1H,(H,2,3). The first kappa shape index (κ1) is 30.0. The average molecular weight is 596 g/mol. The fourth-order valence-corrected chi connectivity index (χ4v) is 5.22. The molecule has 0 bridgehead atoms. The van der Waals surface area contributed by atoms with Crippen molar-refractivity contribution in [3.05, 3.63) is 90.9 Å². The van der Waals surface area contributed by atoms with Gasteiger partial charge in [0.05, 0.1) is 24.0 Å². The minimum atomic E-state index is -4.45. The fraction of sp³-hybridized carbons (Fsp3) is 0.143. The summed E-state index contributed by atoms with van der Waals surface area (Å²) in [6.45, 7) is 1.42. The van der Waals surface area contributed by atoms with Crippen molar-refractivity contribution in [2.45, 2.75) is 11.4 Å². The van der Waals surface area contributed by atoms with Crippen LogP contribution in [0.3, 0.4) is 0 Å². The van der Waals surface area contributed by atoms with Crippen molar-refractivity contribution in [1.82, 2.24) is 24.6 Å². The average Bonchev–Trinajstić information content (AvgIpc) is 3.35. The number of fused-ring (bicyclic) bond motifs is 1. The normalized spacial score (nSPS) is 11.2. The molecule has 14 heteroatoms. The highest BCUT2D eigenvalue weighted by Crippen LogP contribution is 2.26. The number of hydrogen-bond donors (Lipinski definition) is 3. The summed E-state index contributed by atoms with van der Waals surface area (Å²) in [5.74, 6) is -1.81. The maximum absolute atomic E-state index is 14.0. The van der Waals surface area contributed by atoms with Crippen LogP contribution < -0.4 is 10.0 Å². The molecular weight excluding hydrogens is 568 g/mol. The van der Waals surface area contributed by atoms with Gasteiger partial charge in [-0.05, 0) is 62.6 Å². The summed E-state index contributed by atoms with van der Waals surface area (Å²) in [6.07, 6.45) is 3.29. The lowest BCUT2D eigenvalue weighted by Gasteiger charge is -2.11. The third-order valence-electron chi connectivity index (χ3n) is 5.96. The molecule has 0 aliphatic carbocycles. The van der Waals surface area contributed by atoms with E-state index in [0.29, 0.717) is 17.2 Å². The summed E-state index contributed by atoms with van der Waals surface area (Å²) in [7, 11) is -0.404. The molecule has 0 radical (unpaired) electrons. The number of carbonyl (C=O) groups is 1. The Bertz CT molecular complexity index is 1780. The number of nitrogens with one attached hydrogen (secondary N) is 2. The number of benzene rings is 3. The molecule has 0 unspecified atom stereocenters. The second-order valence-corrected chi connectivity index (χ2v) is 10.8. The SMILES string of the molecule is CN(C)CCn1ncc2cc(-c3cc(Nc4ccc(NS(=O)(=O)c5c(F)cccc5F)cc4)ncn3)ccc21.O=CO. The molecule has 0 aliphatic heterocycles. The Morgan fingerprint density at radius 1 is 0.976 bits per heavy atom. The number of halogens is 2. The summed E-state index contributed by atoms with van der Waals surface area (Å²) in [5, 5.41) is 15.5. The number of likely N-dealkylation sites (N-methyl/N-ethyl adjacent to an activating group) is 1. The van der Waals surface area contributed by atoms with Crippen molar-refractivity contribution in [2.75, 3.05) is 30.7 Å². The quantitative estimate of drug-likeness (QED) is 0.209. The van der Waals surface area contributed by atoms with Gasteiger partial charge in [-0.1, -0.05) is 12.1 Å². The van der Waals surface area contributed by atoms with Crippen LogP contribution in [-0.2, 0) is 21.4 Å². The van der Waals surface area contributed by atoms with Gasteiger partial charge in [-0.15, -0.1) is 0 Å². The number of sulfonamides is 1. The van der Waals surface area contributed by atoms with Crippen LogP contribution in [-0.4, -0.2) is 65.3 Å². The molecule has 5 rings (SSSR count). The van der Waals surface area contributed by atoms with E-state index in [1.807, 2.05) is 43.2 Å². The second-order valence-electron chi connectivity index (χ2n) is 9.20. The topological polar surface area (TPSA) is 142 Å². The van der Waals surface area contributed by atoms with E-state index < -0.39 is 26.6 Å². The number of nitrogens with zero attached hydrogens (tertiary/aromatic N) is 5. The summed E-state index contributed by atoms with van der Waals surface area (Å²) in [6, 6.07) is 16.9. The molecule has 5 aromatic rings. The van der Waals surface area contributed by atoms with Crippen LogP contribution in [0.4, 0.5) is 26.0 Å². The molecule has 42 heavy (non-hydrogen) atoms. The van der Waals surface area contributed by atoms with Crippen molar-refractivity contribution in [3.63, 3.8) is 0 Å². The summed E-state index contributed by atoms with van der Waals surface area (Å²) < 4.78 is 57.1. The van der Waals surface area contributed by atoms with E-state index in [4.69, 9.17) is 9.90 Å². The molecule has 2 aromatic heterocycles. The fourth-order valence-electron chi connectivity index (χ4n) is 4.02. The van der Waals surface area contributed by atoms with E-state index in [0.717, 1.165) is 47.8 Å². The second kappa shape index (κ2) is 13.1. The molecule has 11 nitrogen and oxygen atoms in total. The van der Waals surface area contributed by atoms with Crippen LogP contribution in [0.5, 0.6) is 0 Å². The monoisotopic (exact) mass is 595 g/mol. The first-order valence-corrected chi connectivity index (χ1v) is 13.9. The molecule has 0 amide bonds. The summed E-state index contributed by atoms with van der Waals surface area (Å²) in [4.78, 5) is 18.1. The molecule has 0 saturated carbocycles. The Kier molecular flexibility index (Phi) is 9.39. The Balaban J connectivity index is 0.00000129. The van der Waals surface area contributed by atoms with Gasteiger partial charge in [-0.25, -0.2) is 27.2 Å². The Morgan fingerprint density at radius 2 is 1.64 bits per heavy atom. The lowest BCUT2D eigenvalue weighted by Crippen LogP contribution is -2.18. The first-order valence-electron chi connectivity index (χ1n) is 12.5. The highest BCUT2D eigenvalue weighted by molar-refractivity contribution is 7.92. The molecular formula is C28H27F2N7O4S. The molecule has 0 fully saturated rings. The number of rotatable bonds is 9. The highest BCUT2D eigenvalue weighted by Gasteiger charge is 2.23. The molecule has 3 N–H and O–H groups in total. The first-order chi connectivity index (χ1) is 20.1. The summed E-state index contributed by atoms with van der Waals surface area (Å²) >= 11 is 0. The highest BCUT2D eigenvalue weighted by atomic mass is 32.2. The van der Waals surface area contributed by atoms with Gasteiger partial charge in [0, 0.05) is 34.9 Å². The molecule has 2 heterocycles. The van der Waals surface area contributed by atoms with Crippen molar-refractivity contribution in [2.24, 2.45) is 0 Å². The number of hydrogen-bond acceptors (Lipinski definition) is 8. The molecule has 0 aliphatic rings. The van der Waals surface area contributed by atoms with Crippen molar-refractivity contribution in [1.29, 1.82) is 0 Å². The number of aromatic nitrogens is 4. The molecule has 3 aromatic carbocycles.